The summed E-state index contributed by atoms with van der Waals surface area (Å²) in [6.07, 6.45) is 2.72. The summed E-state index contributed by atoms with van der Waals surface area (Å²) < 4.78 is 0. The summed E-state index contributed by atoms with van der Waals surface area (Å²) in [4.78, 5) is 12.7. The van der Waals surface area contributed by atoms with Gasteiger partial charge in [-0.2, -0.15) is 0 Å². The summed E-state index contributed by atoms with van der Waals surface area (Å²) in [6.45, 7) is 2.06. The Morgan fingerprint density at radius 2 is 1.23 bits per heavy atom. The maximum absolute atomic E-state index is 10.9. The van der Waals surface area contributed by atoms with Gasteiger partial charge >= 0.3 is 0 Å². The van der Waals surface area contributed by atoms with Crippen LogP contribution in [0.25, 0.3) is 0 Å². The third-order valence-electron chi connectivity index (χ3n) is 4.85. The van der Waals surface area contributed by atoms with E-state index >= 15 is 0 Å². The van der Waals surface area contributed by atoms with Crippen molar-refractivity contribution in [1.29, 1.82) is 0 Å². The average molecular weight is 545 g/mol. The summed E-state index contributed by atoms with van der Waals surface area (Å²) in [7, 11) is -0.446. The van der Waals surface area contributed by atoms with E-state index in [2.05, 4.69) is 97.9 Å². The van der Waals surface area contributed by atoms with Gasteiger partial charge in [-0.05, 0) is 36.3 Å². The lowest BCUT2D eigenvalue weighted by molar-refractivity contribution is -0.137. The normalized spacial score (nSPS) is 17.0. The van der Waals surface area contributed by atoms with Crippen molar-refractivity contribution in [1.82, 2.24) is 4.90 Å². The second-order valence-electron chi connectivity index (χ2n) is 7.09. The molecule has 2 aliphatic rings. The standard InChI is InChI=1S/C18H15P.C7H9NOS.HI/c1-4-10-16(11-5-1)19(17-12-6-2-7-13-17)18-14-8-3-9-15-18;1-5-3-8-6(9)2-7(8)10-4-5;/h1-15H;3,7H,2,4H2,1H3;1H/t;7-;/m.1./s1. The third-order valence-corrected chi connectivity index (χ3v) is 8.70. The summed E-state index contributed by atoms with van der Waals surface area (Å²) in [5.41, 5.74) is 1.30. The van der Waals surface area contributed by atoms with Crippen molar-refractivity contribution in [3.63, 3.8) is 0 Å². The van der Waals surface area contributed by atoms with Crippen LogP contribution in [-0.4, -0.2) is 21.9 Å². The number of amides is 1. The molecular weight excluding hydrogens is 520 g/mol. The molecule has 1 saturated heterocycles. The van der Waals surface area contributed by atoms with Gasteiger partial charge < -0.3 is 4.90 Å². The van der Waals surface area contributed by atoms with E-state index in [9.17, 15) is 4.79 Å². The van der Waals surface area contributed by atoms with Crippen LogP contribution in [0.4, 0.5) is 0 Å². The number of hydrogen-bond acceptors (Lipinski definition) is 2. The van der Waals surface area contributed by atoms with E-state index < -0.39 is 7.92 Å². The molecule has 0 radical (unpaired) electrons. The molecule has 3 aromatic rings. The van der Waals surface area contributed by atoms with Crippen LogP contribution in [0, 0.1) is 0 Å². The second kappa shape index (κ2) is 11.1. The SMILES string of the molecule is CC1=CN2C(=O)C[C@H]2SC1.I.c1ccc(P(c2ccccc2)c2ccccc2)cc1. The van der Waals surface area contributed by atoms with Crippen LogP contribution in [0.2, 0.25) is 0 Å². The van der Waals surface area contributed by atoms with Crippen molar-refractivity contribution in [3.8, 4) is 0 Å². The number of hydrogen-bond donors (Lipinski definition) is 0. The number of benzene rings is 3. The van der Waals surface area contributed by atoms with Gasteiger partial charge in [-0.1, -0.05) is 91.0 Å². The lowest BCUT2D eigenvalue weighted by Gasteiger charge is -2.40. The van der Waals surface area contributed by atoms with Crippen LogP contribution in [0.3, 0.4) is 0 Å². The fraction of sp³-hybridized carbons (Fsp3) is 0.160. The van der Waals surface area contributed by atoms with Crippen LogP contribution < -0.4 is 15.9 Å². The summed E-state index contributed by atoms with van der Waals surface area (Å²) in [5.74, 6) is 1.37. The van der Waals surface area contributed by atoms with Gasteiger partial charge in [0.25, 0.3) is 0 Å². The molecule has 1 fully saturated rings. The van der Waals surface area contributed by atoms with Crippen LogP contribution >= 0.6 is 43.7 Å². The zero-order valence-electron chi connectivity index (χ0n) is 16.8. The topological polar surface area (TPSA) is 20.3 Å². The second-order valence-corrected chi connectivity index (χ2v) is 10.5. The Morgan fingerprint density at radius 3 is 1.60 bits per heavy atom. The molecule has 0 N–H and O–H groups in total. The van der Waals surface area contributed by atoms with Gasteiger partial charge in [-0.3, -0.25) is 4.79 Å². The molecule has 30 heavy (non-hydrogen) atoms. The Kier molecular flexibility index (Phi) is 8.55. The summed E-state index contributed by atoms with van der Waals surface area (Å²) in [6, 6.07) is 32.3. The van der Waals surface area contributed by atoms with Gasteiger partial charge in [-0.25, -0.2) is 0 Å². The van der Waals surface area contributed by atoms with Crippen molar-refractivity contribution < 1.29 is 4.79 Å². The highest BCUT2D eigenvalue weighted by Crippen LogP contribution is 2.35. The summed E-state index contributed by atoms with van der Waals surface area (Å²) >= 11 is 1.86. The number of β-lactam (4-membered cyclic amide) rings is 1. The van der Waals surface area contributed by atoms with Crippen molar-refractivity contribution in [2.45, 2.75) is 18.7 Å². The van der Waals surface area contributed by atoms with Crippen LogP contribution in [-0.2, 0) is 4.79 Å². The first kappa shape index (κ1) is 23.1. The maximum Gasteiger partial charge on any atom is 0.230 e. The largest absolute Gasteiger partial charge is 0.306 e. The summed E-state index contributed by atoms with van der Waals surface area (Å²) in [5, 5.41) is 4.66. The van der Waals surface area contributed by atoms with Crippen molar-refractivity contribution >= 4 is 65.5 Å². The molecule has 0 aromatic heterocycles. The average Bonchev–Trinajstić information content (AvgIpc) is 2.77. The molecule has 0 saturated carbocycles. The first-order valence-electron chi connectivity index (χ1n) is 9.78. The number of rotatable bonds is 3. The Morgan fingerprint density at radius 1 is 0.800 bits per heavy atom. The highest BCUT2D eigenvalue weighted by molar-refractivity contribution is 14.0. The van der Waals surface area contributed by atoms with Gasteiger partial charge in [0, 0.05) is 12.0 Å². The quantitative estimate of drug-likeness (QED) is 0.255. The minimum Gasteiger partial charge on any atom is -0.306 e. The monoisotopic (exact) mass is 545 g/mol. The minimum atomic E-state index is -0.446. The van der Waals surface area contributed by atoms with E-state index in [-0.39, 0.29) is 29.9 Å². The minimum absolute atomic E-state index is 0. The van der Waals surface area contributed by atoms with Crippen LogP contribution in [0.15, 0.2) is 103 Å². The fourth-order valence-corrected chi connectivity index (χ4v) is 6.81. The predicted octanol–water partition coefficient (Wildman–Crippen LogP) is 5.26. The van der Waals surface area contributed by atoms with Gasteiger partial charge in [-0.15, -0.1) is 35.7 Å². The smallest absolute Gasteiger partial charge is 0.230 e. The lowest BCUT2D eigenvalue weighted by Crippen LogP contribution is -2.48. The molecule has 5 rings (SSSR count). The van der Waals surface area contributed by atoms with Crippen LogP contribution in [0.5, 0.6) is 0 Å². The molecular formula is C25H25INOPS. The highest BCUT2D eigenvalue weighted by Gasteiger charge is 2.36. The van der Waals surface area contributed by atoms with Gasteiger partial charge in [0.1, 0.15) is 0 Å². The van der Waals surface area contributed by atoms with Crippen molar-refractivity contribution in [3.05, 3.63) is 103 Å². The molecule has 0 bridgehead atoms. The van der Waals surface area contributed by atoms with Gasteiger partial charge in [0.2, 0.25) is 5.91 Å². The maximum atomic E-state index is 10.9. The number of carbonyl (C=O) groups excluding carboxylic acids is 1. The number of nitrogens with zero attached hydrogens (tertiary/aromatic N) is 1. The lowest BCUT2D eigenvalue weighted by atomic mass is 10.2. The Balaban J connectivity index is 0.000000197. The Bertz CT molecular complexity index is 888. The predicted molar refractivity (Wildman–Crippen MR) is 142 cm³/mol. The Hall–Kier alpha value is -1.62. The molecule has 2 nitrogen and oxygen atoms in total. The molecule has 3 aromatic carbocycles. The van der Waals surface area contributed by atoms with E-state index in [1.165, 1.54) is 21.5 Å². The van der Waals surface area contributed by atoms with E-state index in [1.54, 1.807) is 0 Å². The molecule has 5 heteroatoms. The number of thioether (sulfide) groups is 1. The van der Waals surface area contributed by atoms with E-state index in [1.807, 2.05) is 22.9 Å². The molecule has 0 aliphatic carbocycles. The van der Waals surface area contributed by atoms with E-state index in [0.717, 1.165) is 12.2 Å². The molecule has 0 unspecified atom stereocenters. The van der Waals surface area contributed by atoms with Crippen molar-refractivity contribution in [2.24, 2.45) is 0 Å². The molecule has 0 spiro atoms. The number of carbonyl (C=O) groups is 1. The molecule has 154 valence electrons. The fourth-order valence-electron chi connectivity index (χ4n) is 3.38. The van der Waals surface area contributed by atoms with Crippen molar-refractivity contribution in [2.75, 3.05) is 5.75 Å². The third kappa shape index (κ3) is 5.54. The molecule has 1 atom stereocenters. The Labute approximate surface area is 201 Å². The van der Waals surface area contributed by atoms with Gasteiger partial charge in [0.05, 0.1) is 11.8 Å². The zero-order valence-corrected chi connectivity index (χ0v) is 20.9. The molecule has 2 aliphatic heterocycles. The van der Waals surface area contributed by atoms with Crippen LogP contribution in [0.1, 0.15) is 13.3 Å². The first-order chi connectivity index (χ1) is 14.2. The van der Waals surface area contributed by atoms with E-state index in [4.69, 9.17) is 0 Å². The number of halogens is 1. The first-order valence-corrected chi connectivity index (χ1v) is 12.2. The highest BCUT2D eigenvalue weighted by atomic mass is 127. The van der Waals surface area contributed by atoms with Gasteiger partial charge in [0.15, 0.2) is 0 Å². The molecule has 2 heterocycles. The zero-order chi connectivity index (χ0) is 20.1. The number of fused-ring (bicyclic) bond motifs is 1. The molecule has 1 amide bonds. The van der Waals surface area contributed by atoms with E-state index in [0.29, 0.717) is 5.37 Å².